The minimum Gasteiger partial charge on any atom is -0.379 e. The normalized spacial score (nSPS) is 20.5. The maximum atomic E-state index is 8.89. The lowest BCUT2D eigenvalue weighted by Gasteiger charge is -2.31. The van der Waals surface area contributed by atoms with E-state index < -0.39 is 12.5 Å². The Morgan fingerprint density at radius 2 is 1.42 bits per heavy atom. The number of likely N-dealkylation sites (N-methyl/N-ethyl adjacent to an activating group) is 1. The monoisotopic (exact) mass is 275 g/mol. The summed E-state index contributed by atoms with van der Waals surface area (Å²) in [7, 11) is 2.20. The maximum absolute atomic E-state index is 8.89. The number of hydrogen-bond donors (Lipinski definition) is 3. The number of rotatable bonds is 6. The maximum Gasteiger partial charge on any atom is 0.106 e. The van der Waals surface area contributed by atoms with Gasteiger partial charge in [0.1, 0.15) is 12.5 Å². The molecule has 1 fully saturated rings. The summed E-state index contributed by atoms with van der Waals surface area (Å²) in [6.45, 7) is 12.3. The number of hydrogen-bond acceptors (Lipinski definition) is 5. The number of aliphatic hydroxyl groups is 2. The van der Waals surface area contributed by atoms with E-state index >= 15 is 0 Å². The highest BCUT2D eigenvalue weighted by Crippen LogP contribution is 1.98. The molecule has 1 aliphatic rings. The summed E-state index contributed by atoms with van der Waals surface area (Å²) < 4.78 is 0. The van der Waals surface area contributed by atoms with E-state index in [9.17, 15) is 0 Å². The van der Waals surface area contributed by atoms with Gasteiger partial charge >= 0.3 is 0 Å². The zero-order chi connectivity index (χ0) is 14.7. The van der Waals surface area contributed by atoms with E-state index in [1.54, 1.807) is 0 Å². The first-order valence-electron chi connectivity index (χ1n) is 7.56. The molecular weight excluding hydrogens is 242 g/mol. The molecule has 0 saturated carbocycles. The Hall–Kier alpha value is -0.200. The summed E-state index contributed by atoms with van der Waals surface area (Å²) in [6, 6.07) is 0. The third-order valence-corrected chi connectivity index (χ3v) is 3.29. The molecule has 0 aliphatic carbocycles. The van der Waals surface area contributed by atoms with Crippen LogP contribution < -0.4 is 5.32 Å². The van der Waals surface area contributed by atoms with E-state index in [4.69, 9.17) is 10.2 Å². The third-order valence-electron chi connectivity index (χ3n) is 3.29. The van der Waals surface area contributed by atoms with Crippen LogP contribution in [-0.2, 0) is 0 Å². The second-order valence-electron chi connectivity index (χ2n) is 5.16. The molecule has 5 nitrogen and oxygen atoms in total. The van der Waals surface area contributed by atoms with E-state index in [2.05, 4.69) is 29.1 Å². The fourth-order valence-corrected chi connectivity index (χ4v) is 1.85. The van der Waals surface area contributed by atoms with Crippen molar-refractivity contribution in [1.29, 1.82) is 0 Å². The summed E-state index contributed by atoms with van der Waals surface area (Å²) in [6.07, 6.45) is 1.40. The molecule has 2 atom stereocenters. The standard InChI is InChI=1S/C8H18N2.C6H15NO2/c1-3-4-10-7-5-9(2)6-8-10;1-3-5(8)7-6(9)4-2/h3-8H2,1-2H3;5-9H,3-4H2,1-2H3. The van der Waals surface area contributed by atoms with E-state index in [0.717, 1.165) is 0 Å². The van der Waals surface area contributed by atoms with Crippen LogP contribution in [0.2, 0.25) is 0 Å². The van der Waals surface area contributed by atoms with Crippen LogP contribution in [0.15, 0.2) is 0 Å². The zero-order valence-corrected chi connectivity index (χ0v) is 13.1. The Morgan fingerprint density at radius 3 is 1.79 bits per heavy atom. The van der Waals surface area contributed by atoms with E-state index in [1.165, 1.54) is 39.1 Å². The van der Waals surface area contributed by atoms with E-state index in [0.29, 0.717) is 12.8 Å². The first-order valence-corrected chi connectivity index (χ1v) is 7.56. The van der Waals surface area contributed by atoms with Gasteiger partial charge in [-0.2, -0.15) is 0 Å². The van der Waals surface area contributed by atoms with Crippen LogP contribution in [0.4, 0.5) is 0 Å². The molecule has 0 amide bonds. The third kappa shape index (κ3) is 10.3. The first-order chi connectivity index (χ1) is 9.03. The van der Waals surface area contributed by atoms with Gasteiger partial charge in [-0.05, 0) is 32.9 Å². The van der Waals surface area contributed by atoms with Crippen LogP contribution in [0, 0.1) is 0 Å². The molecule has 1 saturated heterocycles. The van der Waals surface area contributed by atoms with Crippen LogP contribution in [0.3, 0.4) is 0 Å². The van der Waals surface area contributed by atoms with Gasteiger partial charge in [-0.25, -0.2) is 0 Å². The molecule has 5 heteroatoms. The van der Waals surface area contributed by atoms with Crippen molar-refractivity contribution in [2.75, 3.05) is 39.8 Å². The van der Waals surface area contributed by atoms with Crippen molar-refractivity contribution in [2.24, 2.45) is 0 Å². The predicted molar refractivity (Wildman–Crippen MR) is 80.0 cm³/mol. The Kier molecular flexibility index (Phi) is 11.5. The minimum atomic E-state index is -0.569. The highest BCUT2D eigenvalue weighted by atomic mass is 16.3. The molecule has 116 valence electrons. The summed E-state index contributed by atoms with van der Waals surface area (Å²) in [5.41, 5.74) is 0. The molecule has 0 spiro atoms. The molecule has 2 unspecified atom stereocenters. The second kappa shape index (κ2) is 11.6. The Balaban J connectivity index is 0.000000344. The smallest absolute Gasteiger partial charge is 0.106 e. The summed E-state index contributed by atoms with van der Waals surface area (Å²) in [4.78, 5) is 4.94. The Labute approximate surface area is 118 Å². The average Bonchev–Trinajstić information content (AvgIpc) is 2.42. The molecule has 0 radical (unpaired) electrons. The van der Waals surface area contributed by atoms with Crippen LogP contribution >= 0.6 is 0 Å². The molecule has 1 rings (SSSR count). The number of aliphatic hydroxyl groups excluding tert-OH is 2. The van der Waals surface area contributed by atoms with Crippen molar-refractivity contribution in [3.63, 3.8) is 0 Å². The van der Waals surface area contributed by atoms with Crippen LogP contribution in [0.1, 0.15) is 40.0 Å². The van der Waals surface area contributed by atoms with Crippen molar-refractivity contribution in [2.45, 2.75) is 52.5 Å². The first kappa shape index (κ1) is 18.8. The van der Waals surface area contributed by atoms with E-state index in [-0.39, 0.29) is 0 Å². The zero-order valence-electron chi connectivity index (χ0n) is 13.1. The van der Waals surface area contributed by atoms with Crippen LogP contribution in [0.25, 0.3) is 0 Å². The van der Waals surface area contributed by atoms with Crippen LogP contribution in [0.5, 0.6) is 0 Å². The molecule has 0 bridgehead atoms. The van der Waals surface area contributed by atoms with Crippen molar-refractivity contribution in [3.05, 3.63) is 0 Å². The number of nitrogens with zero attached hydrogens (tertiary/aromatic N) is 2. The Morgan fingerprint density at radius 1 is 0.947 bits per heavy atom. The van der Waals surface area contributed by atoms with Gasteiger partial charge in [0.25, 0.3) is 0 Å². The fraction of sp³-hybridized carbons (Fsp3) is 1.00. The fourth-order valence-electron chi connectivity index (χ4n) is 1.85. The minimum absolute atomic E-state index is 0.569. The summed E-state index contributed by atoms with van der Waals surface area (Å²) in [5, 5.41) is 20.4. The van der Waals surface area contributed by atoms with Crippen LogP contribution in [-0.4, -0.2) is 72.2 Å². The van der Waals surface area contributed by atoms with Crippen molar-refractivity contribution in [1.82, 2.24) is 15.1 Å². The Bertz CT molecular complexity index is 189. The van der Waals surface area contributed by atoms with Gasteiger partial charge in [0, 0.05) is 26.2 Å². The largest absolute Gasteiger partial charge is 0.379 e. The highest BCUT2D eigenvalue weighted by molar-refractivity contribution is 4.67. The molecule has 0 aromatic heterocycles. The SMILES string of the molecule is CCC(O)NC(O)CC.CCCN1CCN(C)CC1. The highest BCUT2D eigenvalue weighted by Gasteiger charge is 2.11. The molecule has 1 heterocycles. The van der Waals surface area contributed by atoms with Gasteiger partial charge in [-0.3, -0.25) is 5.32 Å². The number of piperazine rings is 1. The van der Waals surface area contributed by atoms with Gasteiger partial charge in [-0.15, -0.1) is 0 Å². The van der Waals surface area contributed by atoms with Crippen molar-refractivity contribution in [3.8, 4) is 0 Å². The van der Waals surface area contributed by atoms with Crippen molar-refractivity contribution >= 4 is 0 Å². The molecular formula is C14H33N3O2. The quantitative estimate of drug-likeness (QED) is 0.622. The van der Waals surface area contributed by atoms with Gasteiger partial charge in [0.05, 0.1) is 0 Å². The van der Waals surface area contributed by atoms with Gasteiger partial charge in [0.2, 0.25) is 0 Å². The molecule has 1 aliphatic heterocycles. The molecule has 19 heavy (non-hydrogen) atoms. The molecule has 0 aromatic rings. The van der Waals surface area contributed by atoms with Crippen molar-refractivity contribution < 1.29 is 10.2 Å². The average molecular weight is 275 g/mol. The van der Waals surface area contributed by atoms with Gasteiger partial charge < -0.3 is 20.0 Å². The molecule has 0 aromatic carbocycles. The topological polar surface area (TPSA) is 59.0 Å². The lowest BCUT2D eigenvalue weighted by Crippen LogP contribution is -2.44. The lowest BCUT2D eigenvalue weighted by atomic mass is 10.3. The summed E-state index contributed by atoms with van der Waals surface area (Å²) in [5.74, 6) is 0. The molecule has 3 N–H and O–H groups in total. The van der Waals surface area contributed by atoms with E-state index in [1.807, 2.05) is 13.8 Å². The van der Waals surface area contributed by atoms with Gasteiger partial charge in [0.15, 0.2) is 0 Å². The lowest BCUT2D eigenvalue weighted by molar-refractivity contribution is 0.0387. The summed E-state index contributed by atoms with van der Waals surface area (Å²) >= 11 is 0. The predicted octanol–water partition coefficient (Wildman–Crippen LogP) is 0.677. The number of nitrogens with one attached hydrogen (secondary N) is 1. The second-order valence-corrected chi connectivity index (χ2v) is 5.16. The van der Waals surface area contributed by atoms with Gasteiger partial charge in [-0.1, -0.05) is 20.8 Å².